The summed E-state index contributed by atoms with van der Waals surface area (Å²) in [5.41, 5.74) is 2.74. The minimum absolute atomic E-state index is 0.262. The van der Waals surface area contributed by atoms with Crippen molar-refractivity contribution in [3.8, 4) is 0 Å². The van der Waals surface area contributed by atoms with Crippen LogP contribution >= 0.6 is 11.6 Å². The van der Waals surface area contributed by atoms with E-state index in [2.05, 4.69) is 20.6 Å². The molecule has 1 amide bonds. The maximum absolute atomic E-state index is 12.4. The summed E-state index contributed by atoms with van der Waals surface area (Å²) in [6.45, 7) is 0.381. The number of pyridine rings is 2. The van der Waals surface area contributed by atoms with Crippen molar-refractivity contribution in [3.63, 3.8) is 0 Å². The van der Waals surface area contributed by atoms with E-state index in [4.69, 9.17) is 16.3 Å². The number of ether oxygens (including phenoxy) is 1. The summed E-state index contributed by atoms with van der Waals surface area (Å²) in [5, 5.41) is 6.31. The normalized spacial score (nSPS) is 10.2. The van der Waals surface area contributed by atoms with Gasteiger partial charge < -0.3 is 15.4 Å². The van der Waals surface area contributed by atoms with Gasteiger partial charge in [0, 0.05) is 25.1 Å². The van der Waals surface area contributed by atoms with Gasteiger partial charge >= 0.3 is 5.97 Å². The van der Waals surface area contributed by atoms with E-state index >= 15 is 0 Å². The number of carbonyl (C=O) groups is 2. The van der Waals surface area contributed by atoms with E-state index < -0.39 is 5.97 Å². The molecule has 0 saturated carbocycles. The zero-order valence-corrected chi connectivity index (χ0v) is 15.7. The Kier molecular flexibility index (Phi) is 6.18. The molecule has 0 aliphatic heterocycles. The van der Waals surface area contributed by atoms with Crippen molar-refractivity contribution >= 4 is 34.9 Å². The van der Waals surface area contributed by atoms with E-state index in [9.17, 15) is 9.59 Å². The molecule has 142 valence electrons. The van der Waals surface area contributed by atoms with Gasteiger partial charge in [0.05, 0.1) is 40.8 Å². The van der Waals surface area contributed by atoms with Crippen molar-refractivity contribution < 1.29 is 14.3 Å². The van der Waals surface area contributed by atoms with E-state index in [0.717, 1.165) is 5.56 Å². The molecule has 0 saturated heterocycles. The number of hydrogen-bond acceptors (Lipinski definition) is 6. The molecule has 28 heavy (non-hydrogen) atoms. The van der Waals surface area contributed by atoms with Gasteiger partial charge in [-0.15, -0.1) is 0 Å². The lowest BCUT2D eigenvalue weighted by atomic mass is 10.2. The molecule has 0 fully saturated rings. The first kappa shape index (κ1) is 19.3. The second-order valence-electron chi connectivity index (χ2n) is 5.81. The second kappa shape index (κ2) is 8.96. The number of methoxy groups -OCH3 is 1. The fourth-order valence-corrected chi connectivity index (χ4v) is 2.60. The van der Waals surface area contributed by atoms with Crippen molar-refractivity contribution in [1.29, 1.82) is 0 Å². The van der Waals surface area contributed by atoms with E-state index in [0.29, 0.717) is 34.1 Å². The average Bonchev–Trinajstić information content (AvgIpc) is 2.74. The molecule has 0 bridgehead atoms. The Morgan fingerprint density at radius 3 is 2.57 bits per heavy atom. The SMILES string of the molecule is COC(=O)c1ccc(Cl)c(Nc2cncc(C(=O)NCc3ccncc3)c2)c1. The molecule has 0 aliphatic carbocycles. The standard InChI is InChI=1S/C20H17ClN4O3/c1-28-20(27)14-2-3-17(21)18(9-14)25-16-8-15(11-23-12-16)19(26)24-10-13-4-6-22-7-5-13/h2-9,11-12,25H,10H2,1H3,(H,24,26). The van der Waals surface area contributed by atoms with Crippen LogP contribution in [0.2, 0.25) is 5.02 Å². The smallest absolute Gasteiger partial charge is 0.337 e. The van der Waals surface area contributed by atoms with Crippen molar-refractivity contribution in [1.82, 2.24) is 15.3 Å². The molecule has 0 aliphatic rings. The number of esters is 1. The van der Waals surface area contributed by atoms with Crippen molar-refractivity contribution in [2.45, 2.75) is 6.54 Å². The highest BCUT2D eigenvalue weighted by Gasteiger charge is 2.11. The molecule has 2 aromatic heterocycles. The number of benzene rings is 1. The monoisotopic (exact) mass is 396 g/mol. The number of nitrogens with one attached hydrogen (secondary N) is 2. The first-order chi connectivity index (χ1) is 13.6. The van der Waals surface area contributed by atoms with Crippen molar-refractivity contribution in [2.75, 3.05) is 12.4 Å². The van der Waals surface area contributed by atoms with Crippen molar-refractivity contribution in [3.05, 3.63) is 82.9 Å². The van der Waals surface area contributed by atoms with Crippen LogP contribution in [0.4, 0.5) is 11.4 Å². The minimum Gasteiger partial charge on any atom is -0.465 e. The molecule has 0 spiro atoms. The molecule has 7 nitrogen and oxygen atoms in total. The average molecular weight is 397 g/mol. The third kappa shape index (κ3) is 4.83. The van der Waals surface area contributed by atoms with E-state index in [1.54, 1.807) is 42.9 Å². The summed E-state index contributed by atoms with van der Waals surface area (Å²) in [7, 11) is 1.31. The van der Waals surface area contributed by atoms with Gasteiger partial charge in [-0.1, -0.05) is 11.6 Å². The van der Waals surface area contributed by atoms with Crippen LogP contribution in [0.1, 0.15) is 26.3 Å². The predicted octanol–water partition coefficient (Wildman–Crippen LogP) is 3.59. The number of amides is 1. The lowest BCUT2D eigenvalue weighted by Crippen LogP contribution is -2.23. The Morgan fingerprint density at radius 2 is 1.82 bits per heavy atom. The third-order valence-corrected chi connectivity index (χ3v) is 4.20. The van der Waals surface area contributed by atoms with Crippen LogP contribution in [-0.2, 0) is 11.3 Å². The van der Waals surface area contributed by atoms with Gasteiger partial charge in [-0.25, -0.2) is 4.79 Å². The van der Waals surface area contributed by atoms with Gasteiger partial charge in [0.15, 0.2) is 0 Å². The number of aromatic nitrogens is 2. The van der Waals surface area contributed by atoms with Crippen LogP contribution in [0.15, 0.2) is 61.2 Å². The molecular weight excluding hydrogens is 380 g/mol. The van der Waals surface area contributed by atoms with Gasteiger partial charge in [-0.05, 0) is 42.0 Å². The summed E-state index contributed by atoms with van der Waals surface area (Å²) in [6.07, 6.45) is 6.36. The highest BCUT2D eigenvalue weighted by molar-refractivity contribution is 6.33. The molecule has 3 aromatic rings. The van der Waals surface area contributed by atoms with Gasteiger partial charge in [-0.3, -0.25) is 14.8 Å². The Hall–Kier alpha value is -3.45. The molecule has 0 radical (unpaired) electrons. The first-order valence-electron chi connectivity index (χ1n) is 8.34. The Balaban J connectivity index is 1.73. The molecule has 2 N–H and O–H groups in total. The summed E-state index contributed by atoms with van der Waals surface area (Å²) in [4.78, 5) is 32.1. The van der Waals surface area contributed by atoms with E-state index in [-0.39, 0.29) is 5.91 Å². The third-order valence-electron chi connectivity index (χ3n) is 3.87. The van der Waals surface area contributed by atoms with Crippen LogP contribution in [0.3, 0.4) is 0 Å². The van der Waals surface area contributed by atoms with Crippen LogP contribution < -0.4 is 10.6 Å². The van der Waals surface area contributed by atoms with Crippen LogP contribution in [0.5, 0.6) is 0 Å². The van der Waals surface area contributed by atoms with Crippen LogP contribution in [0, 0.1) is 0 Å². The maximum atomic E-state index is 12.4. The topological polar surface area (TPSA) is 93.2 Å². The van der Waals surface area contributed by atoms with Gasteiger partial charge in [0.1, 0.15) is 0 Å². The quantitative estimate of drug-likeness (QED) is 0.618. The zero-order valence-electron chi connectivity index (χ0n) is 15.0. The summed E-state index contributed by atoms with van der Waals surface area (Å²) in [5.74, 6) is -0.732. The second-order valence-corrected chi connectivity index (χ2v) is 6.22. The molecular formula is C20H17ClN4O3. The summed E-state index contributed by atoms with van der Waals surface area (Å²) >= 11 is 6.19. The number of nitrogens with zero attached hydrogens (tertiary/aromatic N) is 2. The number of carbonyl (C=O) groups excluding carboxylic acids is 2. The first-order valence-corrected chi connectivity index (χ1v) is 8.71. The molecule has 0 atom stereocenters. The predicted molar refractivity (Wildman–Crippen MR) is 106 cm³/mol. The van der Waals surface area contributed by atoms with Crippen LogP contribution in [-0.4, -0.2) is 29.0 Å². The molecule has 3 rings (SSSR count). The largest absolute Gasteiger partial charge is 0.465 e. The molecule has 0 unspecified atom stereocenters. The Labute approximate surface area is 166 Å². The van der Waals surface area contributed by atoms with Gasteiger partial charge in [0.25, 0.3) is 5.91 Å². The van der Waals surface area contributed by atoms with Crippen LogP contribution in [0.25, 0.3) is 0 Å². The number of rotatable bonds is 6. The Bertz CT molecular complexity index is 996. The van der Waals surface area contributed by atoms with E-state index in [1.807, 2.05) is 12.1 Å². The summed E-state index contributed by atoms with van der Waals surface area (Å²) < 4.78 is 4.72. The molecule has 8 heteroatoms. The highest BCUT2D eigenvalue weighted by Crippen LogP contribution is 2.27. The van der Waals surface area contributed by atoms with Crippen molar-refractivity contribution in [2.24, 2.45) is 0 Å². The molecule has 2 heterocycles. The lowest BCUT2D eigenvalue weighted by molar-refractivity contribution is 0.0600. The van der Waals surface area contributed by atoms with E-state index in [1.165, 1.54) is 13.3 Å². The number of anilines is 2. The maximum Gasteiger partial charge on any atom is 0.337 e. The fourth-order valence-electron chi connectivity index (χ4n) is 2.44. The van der Waals surface area contributed by atoms with Gasteiger partial charge in [0.2, 0.25) is 0 Å². The number of hydrogen-bond donors (Lipinski definition) is 2. The summed E-state index contributed by atoms with van der Waals surface area (Å²) in [6, 6.07) is 10.0. The fraction of sp³-hybridized carbons (Fsp3) is 0.100. The minimum atomic E-state index is -0.470. The molecule has 1 aromatic carbocycles. The van der Waals surface area contributed by atoms with Gasteiger partial charge in [-0.2, -0.15) is 0 Å². The lowest BCUT2D eigenvalue weighted by Gasteiger charge is -2.11. The number of halogens is 1. The Morgan fingerprint density at radius 1 is 1.04 bits per heavy atom. The highest BCUT2D eigenvalue weighted by atomic mass is 35.5. The zero-order chi connectivity index (χ0) is 19.9.